The SMILES string of the molecule is CC[C@H]1OC(=O)[C@H](C)[C@H](O[C@@H]2C[C@](C)(OC)[C@@](O)(CNCc3cccc(OC)c3)[C@H](C)O2)[C@H](C)[C@@H](O[C@@H]2O[C@H](C)C[C@H](N(C)C)[C@H]2O)C(C)(C)C[C@@H](C)NC[C@H](C)[C@@H](O)[C@]1(C)O. The number of hydrogen-bond donors (Lipinski definition) is 6. The third-order valence-electron chi connectivity index (χ3n) is 14.3. The Labute approximate surface area is 371 Å². The summed E-state index contributed by atoms with van der Waals surface area (Å²) < 4.78 is 44.6. The van der Waals surface area contributed by atoms with E-state index in [1.54, 1.807) is 35.0 Å². The van der Waals surface area contributed by atoms with Crippen molar-refractivity contribution in [2.45, 2.75) is 193 Å². The lowest BCUT2D eigenvalue weighted by atomic mass is 9.72. The number of nitrogens with zero attached hydrogens (tertiary/aromatic N) is 1. The summed E-state index contributed by atoms with van der Waals surface area (Å²) in [4.78, 5) is 16.5. The van der Waals surface area contributed by atoms with E-state index in [2.05, 4.69) is 31.4 Å². The first-order valence-corrected chi connectivity index (χ1v) is 22.8. The fraction of sp³-hybridized carbons (Fsp3) is 0.851. The molecule has 3 heterocycles. The number of benzene rings is 1. The molecule has 0 bridgehead atoms. The number of aliphatic hydroxyl groups excluding tert-OH is 2. The van der Waals surface area contributed by atoms with Gasteiger partial charge in [0.25, 0.3) is 0 Å². The Hall–Kier alpha value is -1.99. The van der Waals surface area contributed by atoms with Crippen LogP contribution in [-0.2, 0) is 39.8 Å². The highest BCUT2D eigenvalue weighted by atomic mass is 16.7. The van der Waals surface area contributed by atoms with Gasteiger partial charge in [0.15, 0.2) is 12.6 Å². The average Bonchev–Trinajstić information content (AvgIpc) is 3.21. The number of carbonyl (C=O) groups excluding carboxylic acids is 1. The van der Waals surface area contributed by atoms with Gasteiger partial charge in [-0.05, 0) is 104 Å². The zero-order valence-corrected chi connectivity index (χ0v) is 40.3. The minimum absolute atomic E-state index is 0.0736. The van der Waals surface area contributed by atoms with Gasteiger partial charge in [0.1, 0.15) is 34.8 Å². The maximum atomic E-state index is 14.5. The van der Waals surface area contributed by atoms with Crippen LogP contribution in [-0.4, -0.2) is 157 Å². The van der Waals surface area contributed by atoms with E-state index in [-0.39, 0.29) is 43.5 Å². The molecule has 3 aliphatic heterocycles. The van der Waals surface area contributed by atoms with Crippen LogP contribution in [0.1, 0.15) is 107 Å². The highest BCUT2D eigenvalue weighted by Gasteiger charge is 2.58. The number of cyclic esters (lactones) is 1. The Morgan fingerprint density at radius 3 is 2.26 bits per heavy atom. The summed E-state index contributed by atoms with van der Waals surface area (Å²) in [6.07, 6.45) is -6.15. The van der Waals surface area contributed by atoms with Crippen LogP contribution in [0.2, 0.25) is 0 Å². The van der Waals surface area contributed by atoms with Crippen LogP contribution in [0.4, 0.5) is 0 Å². The molecule has 3 fully saturated rings. The molecule has 358 valence electrons. The van der Waals surface area contributed by atoms with Gasteiger partial charge in [-0.3, -0.25) is 4.79 Å². The second-order valence-electron chi connectivity index (χ2n) is 20.1. The van der Waals surface area contributed by atoms with E-state index >= 15 is 0 Å². The van der Waals surface area contributed by atoms with Crippen molar-refractivity contribution in [3.8, 4) is 5.75 Å². The second-order valence-corrected chi connectivity index (χ2v) is 20.1. The van der Waals surface area contributed by atoms with Crippen LogP contribution < -0.4 is 15.4 Å². The van der Waals surface area contributed by atoms with Gasteiger partial charge in [0.2, 0.25) is 0 Å². The minimum Gasteiger partial charge on any atom is -0.497 e. The Morgan fingerprint density at radius 1 is 0.968 bits per heavy atom. The number of likely N-dealkylation sites (N-methyl/N-ethyl adjacent to an activating group) is 1. The molecule has 15 heteroatoms. The first-order valence-electron chi connectivity index (χ1n) is 22.8. The predicted molar refractivity (Wildman–Crippen MR) is 236 cm³/mol. The van der Waals surface area contributed by atoms with Gasteiger partial charge in [-0.2, -0.15) is 0 Å². The van der Waals surface area contributed by atoms with Gasteiger partial charge in [0.05, 0.1) is 43.5 Å². The Morgan fingerprint density at radius 2 is 1.65 bits per heavy atom. The first kappa shape index (κ1) is 52.6. The molecule has 4 rings (SSSR count). The summed E-state index contributed by atoms with van der Waals surface area (Å²) in [5.41, 5.74) is -4.07. The van der Waals surface area contributed by atoms with Gasteiger partial charge < -0.3 is 69.1 Å². The molecule has 1 aromatic carbocycles. The molecule has 3 aliphatic rings. The standard InChI is InChI=1S/C47H83N3O12/c1-16-36-46(11,54)40(52)27(2)24-49-28(3)22-44(8,9)41(62-43-38(51)35(50(12)13)20-29(4)58-43)30(5)39(31(6)42(53)60-36)61-37-23-45(10,57-15)47(55,32(7)59-37)26-48-25-33-18-17-19-34(21-33)56-14/h17-19,21,27-32,35-41,43,48-49,51-52,54-55H,16,20,22-26H2,1-15H3/t27-,28+,29+,30-,31+,32-,35-,36+,37+,38+,39+,40+,41+,43-,45-,46+,47+/m0/s1. The number of methoxy groups -OCH3 is 2. The van der Waals surface area contributed by atoms with Crippen molar-refractivity contribution in [3.05, 3.63) is 29.8 Å². The maximum absolute atomic E-state index is 14.5. The third kappa shape index (κ3) is 11.9. The van der Waals surface area contributed by atoms with Crippen LogP contribution in [0.15, 0.2) is 24.3 Å². The monoisotopic (exact) mass is 882 g/mol. The van der Waals surface area contributed by atoms with E-state index in [0.29, 0.717) is 25.9 Å². The predicted octanol–water partition coefficient (Wildman–Crippen LogP) is 4.00. The van der Waals surface area contributed by atoms with Crippen LogP contribution in [0.3, 0.4) is 0 Å². The van der Waals surface area contributed by atoms with Gasteiger partial charge in [-0.15, -0.1) is 0 Å². The average molecular weight is 882 g/mol. The van der Waals surface area contributed by atoms with Gasteiger partial charge in [0, 0.05) is 51.2 Å². The summed E-state index contributed by atoms with van der Waals surface area (Å²) in [7, 11) is 7.04. The molecule has 62 heavy (non-hydrogen) atoms. The van der Waals surface area contributed by atoms with Crippen LogP contribution in [0.25, 0.3) is 0 Å². The molecule has 0 aliphatic carbocycles. The number of esters is 1. The van der Waals surface area contributed by atoms with E-state index in [1.807, 2.05) is 71.0 Å². The molecular formula is C47H83N3O12. The molecule has 6 N–H and O–H groups in total. The van der Waals surface area contributed by atoms with Gasteiger partial charge in [-0.1, -0.05) is 46.8 Å². The fourth-order valence-corrected chi connectivity index (χ4v) is 10.3. The number of hydrogen-bond acceptors (Lipinski definition) is 15. The maximum Gasteiger partial charge on any atom is 0.311 e. The molecule has 15 nitrogen and oxygen atoms in total. The Balaban J connectivity index is 1.75. The summed E-state index contributed by atoms with van der Waals surface area (Å²) in [6.45, 7) is 21.7. The van der Waals surface area contributed by atoms with Crippen molar-refractivity contribution in [1.29, 1.82) is 0 Å². The molecule has 17 atom stereocenters. The summed E-state index contributed by atoms with van der Waals surface area (Å²) >= 11 is 0. The van der Waals surface area contributed by atoms with Crippen molar-refractivity contribution >= 4 is 5.97 Å². The summed E-state index contributed by atoms with van der Waals surface area (Å²) in [6, 6.07) is 7.41. The lowest BCUT2D eigenvalue weighted by Crippen LogP contribution is -2.70. The van der Waals surface area contributed by atoms with Gasteiger partial charge in [-0.25, -0.2) is 0 Å². The van der Waals surface area contributed by atoms with Crippen LogP contribution in [0, 0.1) is 23.2 Å². The van der Waals surface area contributed by atoms with Crippen LogP contribution in [0.5, 0.6) is 5.75 Å². The largest absolute Gasteiger partial charge is 0.497 e. The van der Waals surface area contributed by atoms with E-state index in [1.165, 1.54) is 6.92 Å². The smallest absolute Gasteiger partial charge is 0.311 e. The zero-order chi connectivity index (χ0) is 46.5. The number of rotatable bonds is 12. The van der Waals surface area contributed by atoms with E-state index in [4.69, 9.17) is 33.2 Å². The second kappa shape index (κ2) is 21.5. The van der Waals surface area contributed by atoms with Crippen molar-refractivity contribution < 1.29 is 58.4 Å². The van der Waals surface area contributed by atoms with Crippen molar-refractivity contribution in [3.63, 3.8) is 0 Å². The highest BCUT2D eigenvalue weighted by Crippen LogP contribution is 2.44. The number of nitrogens with one attached hydrogen (secondary N) is 2. The van der Waals surface area contributed by atoms with E-state index in [0.717, 1.165) is 11.3 Å². The lowest BCUT2D eigenvalue weighted by molar-refractivity contribution is -0.334. The summed E-state index contributed by atoms with van der Waals surface area (Å²) in [5, 5.41) is 54.4. The fourth-order valence-electron chi connectivity index (χ4n) is 10.3. The molecule has 0 spiro atoms. The normalized spacial score (nSPS) is 42.7. The molecular weight excluding hydrogens is 799 g/mol. The van der Waals surface area contributed by atoms with Crippen molar-refractivity contribution in [1.82, 2.24) is 15.5 Å². The lowest BCUT2D eigenvalue weighted by Gasteiger charge is -2.54. The van der Waals surface area contributed by atoms with E-state index < -0.39 is 89.2 Å². The minimum atomic E-state index is -1.76. The number of aliphatic hydroxyl groups is 4. The number of carbonyl (C=O) groups is 1. The molecule has 0 aromatic heterocycles. The molecule has 0 radical (unpaired) electrons. The van der Waals surface area contributed by atoms with Crippen molar-refractivity contribution in [2.24, 2.45) is 23.2 Å². The Bertz CT molecular complexity index is 1570. The third-order valence-corrected chi connectivity index (χ3v) is 14.3. The van der Waals surface area contributed by atoms with Crippen LogP contribution >= 0.6 is 0 Å². The first-order chi connectivity index (χ1) is 28.8. The molecule has 0 unspecified atom stereocenters. The summed E-state index contributed by atoms with van der Waals surface area (Å²) in [5.74, 6) is -1.79. The van der Waals surface area contributed by atoms with Gasteiger partial charge >= 0.3 is 5.97 Å². The van der Waals surface area contributed by atoms with E-state index in [9.17, 15) is 25.2 Å². The molecule has 3 saturated heterocycles. The highest BCUT2D eigenvalue weighted by molar-refractivity contribution is 5.73. The van der Waals surface area contributed by atoms with Crippen molar-refractivity contribution in [2.75, 3.05) is 41.4 Å². The molecule has 1 aromatic rings. The quantitative estimate of drug-likeness (QED) is 0.165. The zero-order valence-electron chi connectivity index (χ0n) is 40.3. The molecule has 0 amide bonds. The molecule has 0 saturated carbocycles. The number of ether oxygens (including phenoxy) is 7. The Kier molecular flexibility index (Phi) is 18.3. The topological polar surface area (TPSA) is 190 Å².